The molecule has 0 N–H and O–H groups in total. The second kappa shape index (κ2) is 4.23. The Morgan fingerprint density at radius 3 is 2.73 bits per heavy atom. The second-order valence-electron chi connectivity index (χ2n) is 3.78. The van der Waals surface area contributed by atoms with Crippen LogP contribution in [0.4, 0.5) is 0 Å². The lowest BCUT2D eigenvalue weighted by molar-refractivity contribution is -0.129. The van der Waals surface area contributed by atoms with Crippen LogP contribution in [-0.4, -0.2) is 29.1 Å². The summed E-state index contributed by atoms with van der Waals surface area (Å²) in [5.74, 6) is 0.112. The molecule has 2 rings (SSSR count). The molecule has 1 aliphatic heterocycles. The van der Waals surface area contributed by atoms with Crippen LogP contribution in [-0.2, 0) is 11.2 Å². The van der Waals surface area contributed by atoms with Crippen LogP contribution in [0.2, 0.25) is 5.22 Å². The normalized spacial score (nSPS) is 16.0. The second-order valence-corrected chi connectivity index (χ2v) is 4.13. The summed E-state index contributed by atoms with van der Waals surface area (Å²) >= 11 is 5.80. The molecular formula is C10H13ClN2O2. The van der Waals surface area contributed by atoms with Crippen molar-refractivity contribution < 1.29 is 9.32 Å². The number of nitrogens with zero attached hydrogens (tertiary/aromatic N) is 2. The van der Waals surface area contributed by atoms with Crippen molar-refractivity contribution in [2.45, 2.75) is 26.2 Å². The SMILES string of the molecule is Cc1noc(Cl)c1CC(=O)N1CCCC1. The van der Waals surface area contributed by atoms with Gasteiger partial charge in [-0.25, -0.2) is 0 Å². The first-order valence-electron chi connectivity index (χ1n) is 5.07. The van der Waals surface area contributed by atoms with E-state index in [1.54, 1.807) is 6.92 Å². The number of aromatic nitrogens is 1. The van der Waals surface area contributed by atoms with Crippen LogP contribution < -0.4 is 0 Å². The Labute approximate surface area is 93.2 Å². The largest absolute Gasteiger partial charge is 0.344 e. The molecule has 0 atom stereocenters. The third kappa shape index (κ3) is 2.15. The first-order valence-corrected chi connectivity index (χ1v) is 5.44. The maximum absolute atomic E-state index is 11.8. The van der Waals surface area contributed by atoms with Gasteiger partial charge >= 0.3 is 0 Å². The third-order valence-electron chi connectivity index (χ3n) is 2.72. The molecule has 1 aliphatic rings. The van der Waals surface area contributed by atoms with Gasteiger partial charge in [-0.05, 0) is 31.4 Å². The number of carbonyl (C=O) groups is 1. The predicted molar refractivity (Wildman–Crippen MR) is 55.8 cm³/mol. The highest BCUT2D eigenvalue weighted by molar-refractivity contribution is 6.29. The summed E-state index contributed by atoms with van der Waals surface area (Å²) in [6.07, 6.45) is 2.50. The molecular weight excluding hydrogens is 216 g/mol. The van der Waals surface area contributed by atoms with Crippen LogP contribution in [0.5, 0.6) is 0 Å². The van der Waals surface area contributed by atoms with E-state index in [1.165, 1.54) is 0 Å². The Bertz CT molecular complexity index is 350. The maximum Gasteiger partial charge on any atom is 0.229 e. The van der Waals surface area contributed by atoms with E-state index in [4.69, 9.17) is 16.1 Å². The quantitative estimate of drug-likeness (QED) is 0.776. The molecule has 82 valence electrons. The van der Waals surface area contributed by atoms with Crippen LogP contribution in [0.1, 0.15) is 24.1 Å². The summed E-state index contributed by atoms with van der Waals surface area (Å²) in [7, 11) is 0. The monoisotopic (exact) mass is 228 g/mol. The summed E-state index contributed by atoms with van der Waals surface area (Å²) < 4.78 is 4.80. The van der Waals surface area contributed by atoms with Crippen molar-refractivity contribution in [3.63, 3.8) is 0 Å². The third-order valence-corrected chi connectivity index (χ3v) is 3.02. The lowest BCUT2D eigenvalue weighted by Crippen LogP contribution is -2.29. The van der Waals surface area contributed by atoms with Crippen molar-refractivity contribution in [3.05, 3.63) is 16.5 Å². The zero-order valence-electron chi connectivity index (χ0n) is 8.62. The van der Waals surface area contributed by atoms with Gasteiger partial charge in [-0.1, -0.05) is 5.16 Å². The van der Waals surface area contributed by atoms with E-state index in [0.717, 1.165) is 25.9 Å². The summed E-state index contributed by atoms with van der Waals surface area (Å²) in [5, 5.41) is 3.95. The van der Waals surface area contributed by atoms with Crippen molar-refractivity contribution in [3.8, 4) is 0 Å². The number of rotatable bonds is 2. The molecule has 0 aliphatic carbocycles. The lowest BCUT2D eigenvalue weighted by Gasteiger charge is -2.14. The minimum atomic E-state index is 0.112. The number of halogens is 1. The minimum Gasteiger partial charge on any atom is -0.344 e. The molecule has 0 spiro atoms. The standard InChI is InChI=1S/C10H13ClN2O2/c1-7-8(10(11)15-12-7)6-9(14)13-4-2-3-5-13/h2-6H2,1H3. The Morgan fingerprint density at radius 2 is 2.20 bits per heavy atom. The number of carbonyl (C=O) groups excluding carboxylic acids is 1. The van der Waals surface area contributed by atoms with Gasteiger partial charge in [-0.3, -0.25) is 4.79 Å². The van der Waals surface area contributed by atoms with Crippen LogP contribution in [0.15, 0.2) is 4.52 Å². The van der Waals surface area contributed by atoms with E-state index in [9.17, 15) is 4.79 Å². The molecule has 4 nitrogen and oxygen atoms in total. The number of hydrogen-bond donors (Lipinski definition) is 0. The number of aryl methyl sites for hydroxylation is 1. The first kappa shape index (κ1) is 10.5. The van der Waals surface area contributed by atoms with E-state index >= 15 is 0 Å². The fourth-order valence-corrected chi connectivity index (χ4v) is 2.03. The molecule has 0 unspecified atom stereocenters. The fraction of sp³-hybridized carbons (Fsp3) is 0.600. The highest BCUT2D eigenvalue weighted by atomic mass is 35.5. The van der Waals surface area contributed by atoms with Crippen molar-refractivity contribution in [2.75, 3.05) is 13.1 Å². The van der Waals surface area contributed by atoms with E-state index in [1.807, 2.05) is 4.90 Å². The van der Waals surface area contributed by atoms with E-state index in [2.05, 4.69) is 5.16 Å². The zero-order valence-corrected chi connectivity index (χ0v) is 9.38. The maximum atomic E-state index is 11.8. The van der Waals surface area contributed by atoms with Crippen LogP contribution >= 0.6 is 11.6 Å². The molecule has 5 heteroatoms. The molecule has 2 heterocycles. The molecule has 0 aromatic carbocycles. The van der Waals surface area contributed by atoms with Crippen LogP contribution in [0.25, 0.3) is 0 Å². The highest BCUT2D eigenvalue weighted by Gasteiger charge is 2.21. The molecule has 0 bridgehead atoms. The summed E-state index contributed by atoms with van der Waals surface area (Å²) in [6.45, 7) is 3.52. The molecule has 15 heavy (non-hydrogen) atoms. The summed E-state index contributed by atoms with van der Waals surface area (Å²) in [6, 6.07) is 0. The fourth-order valence-electron chi connectivity index (χ4n) is 1.79. The van der Waals surface area contributed by atoms with Gasteiger partial charge in [-0.2, -0.15) is 0 Å². The van der Waals surface area contributed by atoms with Crippen molar-refractivity contribution in [2.24, 2.45) is 0 Å². The van der Waals surface area contributed by atoms with Gasteiger partial charge in [0.1, 0.15) is 0 Å². The summed E-state index contributed by atoms with van der Waals surface area (Å²) in [5.41, 5.74) is 1.42. The van der Waals surface area contributed by atoms with Gasteiger partial charge in [0, 0.05) is 18.7 Å². The Hall–Kier alpha value is -1.03. The van der Waals surface area contributed by atoms with E-state index < -0.39 is 0 Å². The summed E-state index contributed by atoms with van der Waals surface area (Å²) in [4.78, 5) is 13.7. The van der Waals surface area contributed by atoms with Crippen LogP contribution in [0, 0.1) is 6.92 Å². The van der Waals surface area contributed by atoms with E-state index in [0.29, 0.717) is 17.7 Å². The molecule has 0 radical (unpaired) electrons. The average molecular weight is 229 g/mol. The highest BCUT2D eigenvalue weighted by Crippen LogP contribution is 2.21. The minimum absolute atomic E-state index is 0.112. The molecule has 1 aromatic heterocycles. The number of amides is 1. The van der Waals surface area contributed by atoms with Crippen LogP contribution in [0.3, 0.4) is 0 Å². The average Bonchev–Trinajstić information content (AvgIpc) is 2.82. The van der Waals surface area contributed by atoms with Gasteiger partial charge < -0.3 is 9.42 Å². The van der Waals surface area contributed by atoms with Gasteiger partial charge in [0.15, 0.2) is 0 Å². The lowest BCUT2D eigenvalue weighted by atomic mass is 10.2. The molecule has 1 amide bonds. The van der Waals surface area contributed by atoms with Gasteiger partial charge in [0.2, 0.25) is 11.1 Å². The van der Waals surface area contributed by atoms with Gasteiger partial charge in [0.05, 0.1) is 12.1 Å². The van der Waals surface area contributed by atoms with E-state index in [-0.39, 0.29) is 11.1 Å². The molecule has 1 fully saturated rings. The van der Waals surface area contributed by atoms with Crippen molar-refractivity contribution in [1.82, 2.24) is 10.1 Å². The van der Waals surface area contributed by atoms with Crippen molar-refractivity contribution >= 4 is 17.5 Å². The zero-order chi connectivity index (χ0) is 10.8. The van der Waals surface area contributed by atoms with Gasteiger partial charge in [-0.15, -0.1) is 0 Å². The number of likely N-dealkylation sites (tertiary alicyclic amines) is 1. The Kier molecular flexibility index (Phi) is 2.95. The smallest absolute Gasteiger partial charge is 0.229 e. The first-order chi connectivity index (χ1) is 7.18. The topological polar surface area (TPSA) is 46.3 Å². The Morgan fingerprint density at radius 1 is 1.53 bits per heavy atom. The molecule has 0 saturated carbocycles. The predicted octanol–water partition coefficient (Wildman–Crippen LogP) is 1.80. The van der Waals surface area contributed by atoms with Crippen molar-refractivity contribution in [1.29, 1.82) is 0 Å². The number of hydrogen-bond acceptors (Lipinski definition) is 3. The molecule has 1 saturated heterocycles. The molecule has 1 aromatic rings. The van der Waals surface area contributed by atoms with Gasteiger partial charge in [0.25, 0.3) is 0 Å². The Balaban J connectivity index is 2.05.